The predicted octanol–water partition coefficient (Wildman–Crippen LogP) is 3.27. The Balaban J connectivity index is 3.15. The van der Waals surface area contributed by atoms with Crippen LogP contribution in [-0.2, 0) is 4.79 Å². The van der Waals surface area contributed by atoms with Crippen molar-refractivity contribution in [2.24, 2.45) is 0 Å². The second-order valence-electron chi connectivity index (χ2n) is 4.70. The van der Waals surface area contributed by atoms with Gasteiger partial charge in [-0.2, -0.15) is 0 Å². The fourth-order valence-corrected chi connectivity index (χ4v) is 1.38. The van der Waals surface area contributed by atoms with E-state index in [1.807, 2.05) is 26.0 Å². The lowest BCUT2D eigenvalue weighted by Gasteiger charge is -2.23. The number of carbonyl (C=O) groups is 1. The molecule has 0 fully saturated rings. The van der Waals surface area contributed by atoms with E-state index in [-0.39, 0.29) is 0 Å². The topological polar surface area (TPSA) is 46.5 Å². The van der Waals surface area contributed by atoms with Crippen LogP contribution in [0.25, 0.3) is 5.57 Å². The summed E-state index contributed by atoms with van der Waals surface area (Å²) < 4.78 is 5.55. The quantitative estimate of drug-likeness (QED) is 0.869. The molecule has 0 saturated carbocycles. The van der Waals surface area contributed by atoms with E-state index in [0.29, 0.717) is 5.75 Å². The van der Waals surface area contributed by atoms with Gasteiger partial charge in [-0.3, -0.25) is 0 Å². The average Bonchev–Trinajstić information content (AvgIpc) is 2.19. The van der Waals surface area contributed by atoms with Crippen molar-refractivity contribution in [2.45, 2.75) is 33.3 Å². The number of allylic oxidation sites excluding steroid dienone is 1. The van der Waals surface area contributed by atoms with Crippen molar-refractivity contribution in [1.82, 2.24) is 0 Å². The van der Waals surface area contributed by atoms with Crippen LogP contribution in [0.4, 0.5) is 0 Å². The summed E-state index contributed by atoms with van der Waals surface area (Å²) in [5.74, 6) is -0.443. The van der Waals surface area contributed by atoms with Crippen molar-refractivity contribution in [2.75, 3.05) is 0 Å². The Morgan fingerprint density at radius 2 is 2.00 bits per heavy atom. The van der Waals surface area contributed by atoms with E-state index in [1.54, 1.807) is 6.07 Å². The normalized spacial score (nSPS) is 11.1. The van der Waals surface area contributed by atoms with E-state index in [1.165, 1.54) is 13.8 Å². The molecule has 0 atom stereocenters. The zero-order chi connectivity index (χ0) is 13.2. The molecule has 0 amide bonds. The Labute approximate surface area is 102 Å². The highest BCUT2D eigenvalue weighted by atomic mass is 16.5. The summed E-state index contributed by atoms with van der Waals surface area (Å²) in [5.41, 5.74) is 1.53. The molecule has 1 N–H and O–H groups in total. The molecule has 0 unspecified atom stereocenters. The van der Waals surface area contributed by atoms with Crippen LogP contribution in [0.15, 0.2) is 24.8 Å². The molecule has 17 heavy (non-hydrogen) atoms. The van der Waals surface area contributed by atoms with Gasteiger partial charge in [0.1, 0.15) is 5.75 Å². The number of aryl methyl sites for hydroxylation is 1. The molecule has 1 aromatic rings. The number of carboxylic acids is 1. The SMILES string of the molecule is C=C(C)c1cc(C)ccc1OC(C)(C)C(=O)O. The van der Waals surface area contributed by atoms with Crippen LogP contribution in [-0.4, -0.2) is 16.7 Å². The van der Waals surface area contributed by atoms with Gasteiger partial charge in [-0.1, -0.05) is 18.2 Å². The first kappa shape index (κ1) is 13.3. The van der Waals surface area contributed by atoms with E-state index < -0.39 is 11.6 Å². The van der Waals surface area contributed by atoms with Gasteiger partial charge in [0.2, 0.25) is 0 Å². The van der Waals surface area contributed by atoms with Crippen molar-refractivity contribution >= 4 is 11.5 Å². The van der Waals surface area contributed by atoms with Crippen LogP contribution in [0, 0.1) is 6.92 Å². The second kappa shape index (κ2) is 4.62. The van der Waals surface area contributed by atoms with Gasteiger partial charge in [-0.25, -0.2) is 4.79 Å². The summed E-state index contributed by atoms with van der Waals surface area (Å²) in [6, 6.07) is 5.61. The summed E-state index contributed by atoms with van der Waals surface area (Å²) in [6.45, 7) is 10.8. The lowest BCUT2D eigenvalue weighted by molar-refractivity contribution is -0.152. The zero-order valence-corrected chi connectivity index (χ0v) is 10.7. The highest BCUT2D eigenvalue weighted by Crippen LogP contribution is 2.29. The van der Waals surface area contributed by atoms with Gasteiger partial charge >= 0.3 is 5.97 Å². The summed E-state index contributed by atoms with van der Waals surface area (Å²) in [6.07, 6.45) is 0. The molecule has 1 rings (SSSR count). The number of hydrogen-bond acceptors (Lipinski definition) is 2. The first-order valence-electron chi connectivity index (χ1n) is 5.43. The molecule has 0 heterocycles. The molecule has 1 aromatic carbocycles. The number of benzene rings is 1. The maximum Gasteiger partial charge on any atom is 0.347 e. The Morgan fingerprint density at radius 3 is 2.47 bits per heavy atom. The van der Waals surface area contributed by atoms with Crippen LogP contribution in [0.5, 0.6) is 5.75 Å². The van der Waals surface area contributed by atoms with Gasteiger partial charge in [0, 0.05) is 5.56 Å². The van der Waals surface area contributed by atoms with E-state index in [0.717, 1.165) is 16.7 Å². The van der Waals surface area contributed by atoms with Crippen LogP contribution in [0.2, 0.25) is 0 Å². The molecular weight excluding hydrogens is 216 g/mol. The number of ether oxygens (including phenoxy) is 1. The molecule has 0 saturated heterocycles. The first-order chi connectivity index (χ1) is 7.74. The maximum atomic E-state index is 11.0. The predicted molar refractivity (Wildman–Crippen MR) is 68.2 cm³/mol. The third kappa shape index (κ3) is 3.09. The van der Waals surface area contributed by atoms with Gasteiger partial charge in [0.15, 0.2) is 5.60 Å². The van der Waals surface area contributed by atoms with Crippen LogP contribution < -0.4 is 4.74 Å². The van der Waals surface area contributed by atoms with Crippen molar-refractivity contribution in [3.63, 3.8) is 0 Å². The van der Waals surface area contributed by atoms with E-state index in [4.69, 9.17) is 9.84 Å². The highest BCUT2D eigenvalue weighted by molar-refractivity contribution is 5.77. The van der Waals surface area contributed by atoms with Crippen molar-refractivity contribution < 1.29 is 14.6 Å². The minimum atomic E-state index is -1.25. The monoisotopic (exact) mass is 234 g/mol. The maximum absolute atomic E-state index is 11.0. The Kier molecular flexibility index (Phi) is 3.61. The van der Waals surface area contributed by atoms with Crippen molar-refractivity contribution in [1.29, 1.82) is 0 Å². The summed E-state index contributed by atoms with van der Waals surface area (Å²) in [4.78, 5) is 11.0. The van der Waals surface area contributed by atoms with E-state index >= 15 is 0 Å². The lowest BCUT2D eigenvalue weighted by atomic mass is 10.0. The zero-order valence-electron chi connectivity index (χ0n) is 10.7. The summed E-state index contributed by atoms with van der Waals surface area (Å²) in [5, 5.41) is 9.04. The minimum Gasteiger partial charge on any atom is -0.478 e. The molecule has 0 aliphatic carbocycles. The molecule has 0 aliphatic rings. The molecule has 0 aromatic heterocycles. The average molecular weight is 234 g/mol. The molecule has 3 heteroatoms. The largest absolute Gasteiger partial charge is 0.478 e. The first-order valence-corrected chi connectivity index (χ1v) is 5.43. The summed E-state index contributed by atoms with van der Waals surface area (Å²) >= 11 is 0. The molecule has 0 aliphatic heterocycles. The molecule has 3 nitrogen and oxygen atoms in total. The van der Waals surface area contributed by atoms with Crippen LogP contribution in [0.1, 0.15) is 31.9 Å². The third-order valence-corrected chi connectivity index (χ3v) is 2.48. The van der Waals surface area contributed by atoms with E-state index in [2.05, 4.69) is 6.58 Å². The standard InChI is InChI=1S/C14H18O3/c1-9(2)11-8-10(3)6-7-12(11)17-14(4,5)13(15)16/h6-8H,1H2,2-5H3,(H,15,16). The van der Waals surface area contributed by atoms with Gasteiger partial charge in [0.25, 0.3) is 0 Å². The number of aliphatic carboxylic acids is 1. The molecule has 0 bridgehead atoms. The van der Waals surface area contributed by atoms with Crippen molar-refractivity contribution in [3.05, 3.63) is 35.9 Å². The number of hydrogen-bond donors (Lipinski definition) is 1. The smallest absolute Gasteiger partial charge is 0.347 e. The molecule has 0 spiro atoms. The van der Waals surface area contributed by atoms with Crippen LogP contribution >= 0.6 is 0 Å². The molecule has 0 radical (unpaired) electrons. The Bertz CT molecular complexity index is 459. The lowest BCUT2D eigenvalue weighted by Crippen LogP contribution is -2.38. The Hall–Kier alpha value is -1.77. The fourth-order valence-electron chi connectivity index (χ4n) is 1.38. The third-order valence-electron chi connectivity index (χ3n) is 2.48. The fraction of sp³-hybridized carbons (Fsp3) is 0.357. The van der Waals surface area contributed by atoms with Crippen molar-refractivity contribution in [3.8, 4) is 5.75 Å². The minimum absolute atomic E-state index is 0.551. The highest BCUT2D eigenvalue weighted by Gasteiger charge is 2.30. The van der Waals surface area contributed by atoms with Gasteiger partial charge < -0.3 is 9.84 Å². The second-order valence-corrected chi connectivity index (χ2v) is 4.70. The molecule has 92 valence electrons. The van der Waals surface area contributed by atoms with Gasteiger partial charge in [-0.05, 0) is 45.4 Å². The van der Waals surface area contributed by atoms with Crippen LogP contribution in [0.3, 0.4) is 0 Å². The Morgan fingerprint density at radius 1 is 1.41 bits per heavy atom. The number of rotatable bonds is 4. The van der Waals surface area contributed by atoms with Gasteiger partial charge in [0.05, 0.1) is 0 Å². The molecular formula is C14H18O3. The number of carboxylic acid groups (broad SMARTS) is 1. The summed E-state index contributed by atoms with van der Waals surface area (Å²) in [7, 11) is 0. The van der Waals surface area contributed by atoms with E-state index in [9.17, 15) is 4.79 Å². The van der Waals surface area contributed by atoms with Gasteiger partial charge in [-0.15, -0.1) is 0 Å².